The van der Waals surface area contributed by atoms with Gasteiger partial charge in [-0.15, -0.1) is 10.2 Å². The molecule has 2 rings (SSSR count). The molecule has 1 aromatic rings. The third-order valence-electron chi connectivity index (χ3n) is 3.65. The average molecular weight is 270 g/mol. The zero-order chi connectivity index (χ0) is 13.2. The molecular formula is C12H16ClN3O2. The molecule has 1 aromatic heterocycles. The minimum Gasteiger partial charge on any atom is -0.481 e. The van der Waals surface area contributed by atoms with E-state index in [2.05, 4.69) is 10.2 Å². The van der Waals surface area contributed by atoms with E-state index in [-0.39, 0.29) is 0 Å². The Morgan fingerprint density at radius 1 is 1.56 bits per heavy atom. The Labute approximate surface area is 111 Å². The summed E-state index contributed by atoms with van der Waals surface area (Å²) in [6.07, 6.45) is 2.20. The van der Waals surface area contributed by atoms with E-state index in [1.54, 1.807) is 12.1 Å². The summed E-state index contributed by atoms with van der Waals surface area (Å²) in [5.74, 6) is -0.0326. The van der Waals surface area contributed by atoms with Crippen molar-refractivity contribution in [1.29, 1.82) is 0 Å². The van der Waals surface area contributed by atoms with Gasteiger partial charge >= 0.3 is 5.97 Å². The number of piperidine rings is 1. The largest absolute Gasteiger partial charge is 0.481 e. The molecule has 0 aromatic carbocycles. The number of hydrogen-bond acceptors (Lipinski definition) is 4. The number of hydrogen-bond donors (Lipinski definition) is 1. The van der Waals surface area contributed by atoms with E-state index in [4.69, 9.17) is 11.6 Å². The molecule has 0 amide bonds. The van der Waals surface area contributed by atoms with Crippen molar-refractivity contribution in [2.45, 2.75) is 26.2 Å². The number of nitrogens with zero attached hydrogens (tertiary/aromatic N) is 3. The Morgan fingerprint density at radius 2 is 2.33 bits per heavy atom. The molecule has 0 radical (unpaired) electrons. The smallest absolute Gasteiger partial charge is 0.311 e. The normalized spacial score (nSPS) is 24.0. The van der Waals surface area contributed by atoms with E-state index in [0.29, 0.717) is 23.9 Å². The van der Waals surface area contributed by atoms with Crippen LogP contribution in [0, 0.1) is 5.41 Å². The Kier molecular flexibility index (Phi) is 3.71. The number of rotatable bonds is 3. The highest BCUT2D eigenvalue weighted by atomic mass is 35.5. The van der Waals surface area contributed by atoms with Crippen molar-refractivity contribution >= 4 is 23.4 Å². The van der Waals surface area contributed by atoms with Gasteiger partial charge in [0.15, 0.2) is 11.0 Å². The molecular weight excluding hydrogens is 254 g/mol. The Bertz CT molecular complexity index is 437. The van der Waals surface area contributed by atoms with Gasteiger partial charge in [-0.1, -0.05) is 18.5 Å². The van der Waals surface area contributed by atoms with E-state index in [0.717, 1.165) is 19.4 Å². The standard InChI is InChI=1S/C12H16ClN3O2/c1-2-12(11(17)18)6-3-7-16(8-12)10-5-4-9(13)14-15-10/h4-5H,2-3,6-8H2,1H3,(H,17,18). The van der Waals surface area contributed by atoms with E-state index in [9.17, 15) is 9.90 Å². The monoisotopic (exact) mass is 269 g/mol. The van der Waals surface area contributed by atoms with Gasteiger partial charge in [0.2, 0.25) is 0 Å². The molecule has 0 bridgehead atoms. The lowest BCUT2D eigenvalue weighted by molar-refractivity contribution is -0.149. The first-order valence-electron chi connectivity index (χ1n) is 6.05. The Morgan fingerprint density at radius 3 is 2.89 bits per heavy atom. The third-order valence-corrected chi connectivity index (χ3v) is 3.85. The highest BCUT2D eigenvalue weighted by Gasteiger charge is 2.41. The fourth-order valence-electron chi connectivity index (χ4n) is 2.42. The summed E-state index contributed by atoms with van der Waals surface area (Å²) in [7, 11) is 0. The summed E-state index contributed by atoms with van der Waals surface area (Å²) in [5, 5.41) is 17.6. The lowest BCUT2D eigenvalue weighted by Gasteiger charge is -2.39. The lowest BCUT2D eigenvalue weighted by atomic mass is 9.77. The maximum Gasteiger partial charge on any atom is 0.311 e. The fourth-order valence-corrected chi connectivity index (χ4v) is 2.52. The van der Waals surface area contributed by atoms with Crippen LogP contribution in [0.15, 0.2) is 12.1 Å². The van der Waals surface area contributed by atoms with Crippen LogP contribution in [0.4, 0.5) is 5.82 Å². The molecule has 1 aliphatic rings. The highest BCUT2D eigenvalue weighted by Crippen LogP contribution is 2.35. The molecule has 0 aliphatic carbocycles. The van der Waals surface area contributed by atoms with Crippen LogP contribution in [0.1, 0.15) is 26.2 Å². The first-order valence-corrected chi connectivity index (χ1v) is 6.43. The summed E-state index contributed by atoms with van der Waals surface area (Å²) >= 11 is 5.70. The molecule has 6 heteroatoms. The second-order valence-corrected chi connectivity index (χ2v) is 5.07. The molecule has 1 atom stereocenters. The fraction of sp³-hybridized carbons (Fsp3) is 0.583. The molecule has 1 saturated heterocycles. The summed E-state index contributed by atoms with van der Waals surface area (Å²) < 4.78 is 0. The molecule has 5 nitrogen and oxygen atoms in total. The number of halogens is 1. The van der Waals surface area contributed by atoms with Gasteiger partial charge in [0.25, 0.3) is 0 Å². The third kappa shape index (κ3) is 2.41. The van der Waals surface area contributed by atoms with Gasteiger partial charge < -0.3 is 10.0 Å². The molecule has 2 heterocycles. The molecule has 98 valence electrons. The van der Waals surface area contributed by atoms with Crippen LogP contribution in [0.5, 0.6) is 0 Å². The molecule has 1 unspecified atom stereocenters. The van der Waals surface area contributed by atoms with Crippen molar-refractivity contribution in [2.24, 2.45) is 5.41 Å². The first kappa shape index (κ1) is 13.1. The second kappa shape index (κ2) is 5.10. The van der Waals surface area contributed by atoms with Crippen molar-refractivity contribution in [2.75, 3.05) is 18.0 Å². The maximum absolute atomic E-state index is 11.5. The number of anilines is 1. The summed E-state index contributed by atoms with van der Waals surface area (Å²) in [5.41, 5.74) is -0.667. The van der Waals surface area contributed by atoms with Gasteiger partial charge in [-0.25, -0.2) is 0 Å². The Hall–Kier alpha value is -1.36. The van der Waals surface area contributed by atoms with Crippen LogP contribution in [-0.2, 0) is 4.79 Å². The Balaban J connectivity index is 2.20. The molecule has 18 heavy (non-hydrogen) atoms. The van der Waals surface area contributed by atoms with Gasteiger partial charge in [0, 0.05) is 13.1 Å². The SMILES string of the molecule is CCC1(C(=O)O)CCCN(c2ccc(Cl)nn2)C1. The maximum atomic E-state index is 11.5. The molecule has 1 aliphatic heterocycles. The van der Waals surface area contributed by atoms with E-state index in [1.165, 1.54) is 0 Å². The summed E-state index contributed by atoms with van der Waals surface area (Å²) in [6, 6.07) is 3.45. The van der Waals surface area contributed by atoms with E-state index < -0.39 is 11.4 Å². The van der Waals surface area contributed by atoms with Crippen molar-refractivity contribution in [3.05, 3.63) is 17.3 Å². The zero-order valence-electron chi connectivity index (χ0n) is 10.3. The quantitative estimate of drug-likeness (QED) is 0.911. The van der Waals surface area contributed by atoms with Crippen molar-refractivity contribution < 1.29 is 9.90 Å². The van der Waals surface area contributed by atoms with E-state index >= 15 is 0 Å². The molecule has 1 N–H and O–H groups in total. The van der Waals surface area contributed by atoms with Crippen molar-refractivity contribution in [3.8, 4) is 0 Å². The van der Waals surface area contributed by atoms with Gasteiger partial charge in [-0.05, 0) is 31.4 Å². The first-order chi connectivity index (χ1) is 8.57. The number of carboxylic acid groups (broad SMARTS) is 1. The predicted molar refractivity (Wildman–Crippen MR) is 68.8 cm³/mol. The van der Waals surface area contributed by atoms with E-state index in [1.807, 2.05) is 11.8 Å². The van der Waals surface area contributed by atoms with Gasteiger partial charge in [0.1, 0.15) is 0 Å². The van der Waals surface area contributed by atoms with Crippen LogP contribution in [-0.4, -0.2) is 34.4 Å². The van der Waals surface area contributed by atoms with Gasteiger partial charge in [-0.2, -0.15) is 0 Å². The molecule has 0 saturated carbocycles. The molecule has 0 spiro atoms. The van der Waals surface area contributed by atoms with Gasteiger partial charge in [-0.3, -0.25) is 4.79 Å². The molecule has 1 fully saturated rings. The van der Waals surface area contributed by atoms with Crippen LogP contribution in [0.3, 0.4) is 0 Å². The topological polar surface area (TPSA) is 66.3 Å². The minimum atomic E-state index is -0.725. The predicted octanol–water partition coefficient (Wildman–Crippen LogP) is 2.21. The lowest BCUT2D eigenvalue weighted by Crippen LogP contribution is -2.48. The summed E-state index contributed by atoms with van der Waals surface area (Å²) in [4.78, 5) is 13.4. The van der Waals surface area contributed by atoms with Crippen LogP contribution in [0.2, 0.25) is 5.15 Å². The van der Waals surface area contributed by atoms with Gasteiger partial charge in [0.05, 0.1) is 5.41 Å². The van der Waals surface area contributed by atoms with Crippen molar-refractivity contribution in [1.82, 2.24) is 10.2 Å². The average Bonchev–Trinajstić information content (AvgIpc) is 2.39. The number of aliphatic carboxylic acids is 1. The summed E-state index contributed by atoms with van der Waals surface area (Å²) in [6.45, 7) is 3.21. The minimum absolute atomic E-state index is 0.343. The number of aromatic nitrogens is 2. The number of carbonyl (C=O) groups is 1. The van der Waals surface area contributed by atoms with Crippen LogP contribution >= 0.6 is 11.6 Å². The zero-order valence-corrected chi connectivity index (χ0v) is 11.0. The highest BCUT2D eigenvalue weighted by molar-refractivity contribution is 6.29. The van der Waals surface area contributed by atoms with Crippen LogP contribution in [0.25, 0.3) is 0 Å². The van der Waals surface area contributed by atoms with Crippen molar-refractivity contribution in [3.63, 3.8) is 0 Å². The number of carboxylic acids is 1. The van der Waals surface area contributed by atoms with Crippen LogP contribution < -0.4 is 4.90 Å². The second-order valence-electron chi connectivity index (χ2n) is 4.68.